The van der Waals surface area contributed by atoms with Crippen LogP contribution in [0.4, 0.5) is 0 Å². The molecular formula is C91H28. The first-order valence-corrected chi connectivity index (χ1v) is 33.9. The molecule has 0 saturated heterocycles. The van der Waals surface area contributed by atoms with E-state index in [1.54, 1.807) is 293 Å². The van der Waals surface area contributed by atoms with Crippen molar-refractivity contribution in [2.45, 2.75) is 33.5 Å². The van der Waals surface area contributed by atoms with Crippen LogP contribution in [0.3, 0.4) is 0 Å². The first-order chi connectivity index (χ1) is 45.3. The van der Waals surface area contributed by atoms with Crippen LogP contribution in [-0.4, -0.2) is 0 Å². The van der Waals surface area contributed by atoms with E-state index >= 15 is 0 Å². The fourth-order valence-electron chi connectivity index (χ4n) is 30.6. The molecule has 6 atom stereocenters. The molecule has 11 aliphatic carbocycles. The lowest BCUT2D eigenvalue weighted by atomic mass is 9.40. The van der Waals surface area contributed by atoms with Crippen molar-refractivity contribution in [1.82, 2.24) is 0 Å². The van der Waals surface area contributed by atoms with Gasteiger partial charge in [0.1, 0.15) is 0 Å². The average Bonchev–Trinajstić information content (AvgIpc) is 1.37. The van der Waals surface area contributed by atoms with Gasteiger partial charge in [0.05, 0.1) is 21.7 Å². The molecule has 0 nitrogen and oxygen atoms in total. The highest BCUT2D eigenvalue weighted by Crippen LogP contribution is 2.93. The maximum Gasteiger partial charge on any atom is 0.0724 e. The Labute approximate surface area is 509 Å². The zero-order valence-corrected chi connectivity index (χ0v) is 47.7. The summed E-state index contributed by atoms with van der Waals surface area (Å²) in [5.74, 6) is 0.0230. The molecule has 0 aromatic heterocycles. The minimum atomic E-state index is -0.617. The zero-order chi connectivity index (χ0) is 55.5. The van der Waals surface area contributed by atoms with Crippen LogP contribution in [0.5, 0.6) is 0 Å². The van der Waals surface area contributed by atoms with E-state index in [2.05, 4.69) is 152 Å². The highest BCUT2D eigenvalue weighted by Gasteiger charge is 2.82. The normalized spacial score (nSPS) is 26.5. The lowest BCUT2D eigenvalue weighted by molar-refractivity contribution is 0.321. The summed E-state index contributed by atoms with van der Waals surface area (Å²) in [5.41, 5.74) is 28.5. The number of benzene rings is 20. The Morgan fingerprint density at radius 1 is 0.187 bits per heavy atom. The van der Waals surface area contributed by atoms with E-state index in [1.807, 2.05) is 0 Å². The van der Waals surface area contributed by atoms with Gasteiger partial charge in [0.15, 0.2) is 0 Å². The quantitative estimate of drug-likeness (QED) is 0.146. The molecule has 0 heteroatoms. The largest absolute Gasteiger partial charge is 0.0724 e. The van der Waals surface area contributed by atoms with E-state index in [0.29, 0.717) is 0 Å². The van der Waals surface area contributed by atoms with Crippen LogP contribution in [-0.2, 0) is 33.5 Å². The fraction of sp³-hybridized carbons (Fsp3) is 0.0769. The van der Waals surface area contributed by atoms with E-state index in [0.717, 1.165) is 6.42 Å². The van der Waals surface area contributed by atoms with Crippen molar-refractivity contribution in [3.8, 4) is 0 Å². The maximum absolute atomic E-state index is 2.67. The Hall–Kier alpha value is -10.9. The number of rotatable bonds is 6. The standard InChI is InChI=1S/C91H28/c1-6-16-27(17-7-1)26-87-72-62-52-42-37-32-33-35-36-34(32)39-46-44(37)54(52)64-66-56(46)58-48(39)50-41(36)51-49-40(35)47-45-38(33)43(42)53-55(45)65-67-57(47)59(49)69-71-61(51)60(50)70-68(58)78-76(66)88(74(64)72,28-18-8-2-9-19-28)83-82(87)84-86-85(83)90(78,30-22-12-4-13-23-30)80(70)81(71)91(86,31-24-14-5-15-25-31)79(69)77(67)89(84,29-20-10-3-11-21-29)75(65)73(87)63(53)62/h1-25,82H,26H2/t82?,87?,88-,89+,90-,91+. The monoisotopic (exact) mass is 1120 g/mol. The molecule has 11 aliphatic rings. The SMILES string of the molecule is c1ccc(CC23c4c5c6c7c8c9c%10c%11c%12c%13c%14c%15c%16c%17c%18c%19c(c2c2c4c4c6c6c%20c7c%10c7c%10c%11c%14c%11c%14c%15c%18c%15c%18c%19c2c2c4c6c4c(c2%18)c(c%15%14)c(c%10%11)c4c%207)[C@]%17(c2ccccc2)C2=C(C(=C(C23)[C@]58c2ccccc2)[C@]9%12c2ccccc2)[C@@]%16%13c2ccccc2)cc1. The van der Waals surface area contributed by atoms with Crippen LogP contribution in [0, 0.1) is 5.92 Å². The summed E-state index contributed by atoms with van der Waals surface area (Å²) in [4.78, 5) is 0. The summed E-state index contributed by atoms with van der Waals surface area (Å²) in [6.45, 7) is 0. The molecule has 0 aliphatic heterocycles. The topological polar surface area (TPSA) is 0 Å². The van der Waals surface area contributed by atoms with Crippen molar-refractivity contribution in [2.75, 3.05) is 0 Å². The lowest BCUT2D eigenvalue weighted by Crippen LogP contribution is -2.57. The minimum Gasteiger partial charge on any atom is -0.0622 e. The number of hydrogen-bond acceptors (Lipinski definition) is 0. The van der Waals surface area contributed by atoms with Gasteiger partial charge in [-0.1, -0.05) is 152 Å². The second kappa shape index (κ2) is 9.52. The van der Waals surface area contributed by atoms with E-state index in [-0.39, 0.29) is 5.92 Å². The van der Waals surface area contributed by atoms with Gasteiger partial charge in [0.2, 0.25) is 0 Å². The average molecular weight is 1120 g/mol. The van der Waals surface area contributed by atoms with Gasteiger partial charge in [-0.3, -0.25) is 0 Å². The molecule has 37 rings (SSSR count). The Bertz CT molecular complexity index is 7980. The first kappa shape index (κ1) is 37.8. The highest BCUT2D eigenvalue weighted by molar-refractivity contribution is 6.77. The second-order valence-corrected chi connectivity index (χ2v) is 31.9. The van der Waals surface area contributed by atoms with E-state index in [9.17, 15) is 0 Å². The van der Waals surface area contributed by atoms with Crippen molar-refractivity contribution in [3.05, 3.63) is 257 Å². The molecule has 0 saturated carbocycles. The van der Waals surface area contributed by atoms with Gasteiger partial charge < -0.3 is 0 Å². The van der Waals surface area contributed by atoms with Crippen LogP contribution >= 0.6 is 0 Å². The maximum atomic E-state index is 2.67. The smallest absolute Gasteiger partial charge is 0.0622 e. The molecule has 0 amide bonds. The van der Waals surface area contributed by atoms with Crippen LogP contribution in [0.15, 0.2) is 174 Å². The van der Waals surface area contributed by atoms with Crippen LogP contribution in [0.1, 0.15) is 83.5 Å². The molecule has 0 N–H and O–H groups in total. The molecule has 0 heterocycles. The number of hydrogen-bond donors (Lipinski definition) is 0. The van der Waals surface area contributed by atoms with Crippen molar-refractivity contribution >= 4 is 215 Å². The molecule has 0 spiro atoms. The molecule has 26 aromatic rings. The van der Waals surface area contributed by atoms with E-state index in [1.165, 1.54) is 27.8 Å². The molecular weight excluding hydrogens is 1090 g/mol. The van der Waals surface area contributed by atoms with Gasteiger partial charge in [-0.15, -0.1) is 0 Å². The van der Waals surface area contributed by atoms with Gasteiger partial charge in [0, 0.05) is 11.3 Å². The Balaban J connectivity index is 1.05. The predicted molar refractivity (Wildman–Crippen MR) is 372 cm³/mol. The summed E-state index contributed by atoms with van der Waals surface area (Å²) in [6, 6.07) is 62.5. The molecule has 0 radical (unpaired) electrons. The Morgan fingerprint density at radius 3 is 0.626 bits per heavy atom. The Morgan fingerprint density at radius 2 is 0.374 bits per heavy atom. The summed E-state index contributed by atoms with van der Waals surface area (Å²) >= 11 is 0. The molecule has 392 valence electrons. The summed E-state index contributed by atoms with van der Waals surface area (Å²) in [5, 5.41) is 65.5. The van der Waals surface area contributed by atoms with Crippen molar-refractivity contribution in [2.24, 2.45) is 5.92 Å². The van der Waals surface area contributed by atoms with Gasteiger partial charge in [-0.2, -0.15) is 0 Å². The molecule has 26 aromatic carbocycles. The van der Waals surface area contributed by atoms with Crippen molar-refractivity contribution < 1.29 is 0 Å². The van der Waals surface area contributed by atoms with Gasteiger partial charge in [-0.05, 0) is 328 Å². The van der Waals surface area contributed by atoms with Gasteiger partial charge in [0.25, 0.3) is 0 Å². The number of allylic oxidation sites excluding steroid dienone is 4. The third kappa shape index (κ3) is 2.34. The van der Waals surface area contributed by atoms with E-state index in [4.69, 9.17) is 0 Å². The lowest BCUT2D eigenvalue weighted by Gasteiger charge is -2.60. The third-order valence-corrected chi connectivity index (χ3v) is 31.0. The van der Waals surface area contributed by atoms with Crippen LogP contribution < -0.4 is 0 Å². The van der Waals surface area contributed by atoms with Crippen LogP contribution in [0.25, 0.3) is 215 Å². The highest BCUT2D eigenvalue weighted by atomic mass is 14.8. The van der Waals surface area contributed by atoms with Gasteiger partial charge >= 0.3 is 0 Å². The van der Waals surface area contributed by atoms with E-state index < -0.39 is 27.1 Å². The van der Waals surface area contributed by atoms with Crippen LogP contribution in [0.2, 0.25) is 0 Å². The minimum absolute atomic E-state index is 0.0230. The molecule has 0 bridgehead atoms. The van der Waals surface area contributed by atoms with Gasteiger partial charge in [-0.25, -0.2) is 0 Å². The Kier molecular flexibility index (Phi) is 3.95. The van der Waals surface area contributed by atoms with Crippen molar-refractivity contribution in [3.63, 3.8) is 0 Å². The molecule has 2 unspecified atom stereocenters. The third-order valence-electron chi connectivity index (χ3n) is 31.0. The molecule has 91 heavy (non-hydrogen) atoms. The summed E-state index contributed by atoms with van der Waals surface area (Å²) in [7, 11) is 0. The summed E-state index contributed by atoms with van der Waals surface area (Å²) in [6.07, 6.45) is 0.954. The zero-order valence-electron chi connectivity index (χ0n) is 47.7. The van der Waals surface area contributed by atoms with Crippen molar-refractivity contribution in [1.29, 1.82) is 0 Å². The molecule has 0 fully saturated rings. The fourth-order valence-corrected chi connectivity index (χ4v) is 30.6. The summed E-state index contributed by atoms with van der Waals surface area (Å²) < 4.78 is 0. The first-order valence-electron chi connectivity index (χ1n) is 33.9. The second-order valence-electron chi connectivity index (χ2n) is 31.9. The predicted octanol–water partition coefficient (Wildman–Crippen LogP) is 21.3.